The van der Waals surface area contributed by atoms with Crippen molar-refractivity contribution in [2.75, 3.05) is 5.43 Å². The molecule has 0 bridgehead atoms. The van der Waals surface area contributed by atoms with E-state index in [9.17, 15) is 8.78 Å². The van der Waals surface area contributed by atoms with Crippen LogP contribution in [0.3, 0.4) is 0 Å². The predicted octanol–water partition coefficient (Wildman–Crippen LogP) is 4.06. The highest BCUT2D eigenvalue weighted by Crippen LogP contribution is 2.25. The molecule has 0 atom stereocenters. The topological polar surface area (TPSA) is 33.3 Å². The minimum atomic E-state index is -2.88. The van der Waals surface area contributed by atoms with Gasteiger partial charge in [-0.15, -0.1) is 0 Å². The standard InChI is InChI=1S/C14H13ClF2N2O/c15-11-7-6-10(13(8-11)20-14(16)17)9-18-19-12-4-2-1-3-5-12/h1-8,14,18-19H,9H2. The molecule has 0 heterocycles. The zero-order chi connectivity index (χ0) is 14.4. The summed E-state index contributed by atoms with van der Waals surface area (Å²) in [5, 5.41) is 0.348. The molecule has 0 aromatic heterocycles. The van der Waals surface area contributed by atoms with E-state index in [0.717, 1.165) is 5.69 Å². The maximum absolute atomic E-state index is 12.3. The Morgan fingerprint density at radius 3 is 2.55 bits per heavy atom. The SMILES string of the molecule is FC(F)Oc1cc(Cl)ccc1CNNc1ccccc1. The van der Waals surface area contributed by atoms with Crippen LogP contribution in [0.4, 0.5) is 14.5 Å². The highest BCUT2D eigenvalue weighted by molar-refractivity contribution is 6.30. The van der Waals surface area contributed by atoms with Gasteiger partial charge in [-0.25, -0.2) is 5.43 Å². The fraction of sp³-hybridized carbons (Fsp3) is 0.143. The molecular formula is C14H13ClF2N2O. The Labute approximate surface area is 120 Å². The van der Waals surface area contributed by atoms with Gasteiger partial charge in [-0.2, -0.15) is 8.78 Å². The lowest BCUT2D eigenvalue weighted by Gasteiger charge is -2.13. The average molecular weight is 299 g/mol. The first kappa shape index (κ1) is 14.6. The largest absolute Gasteiger partial charge is 0.434 e. The zero-order valence-electron chi connectivity index (χ0n) is 10.4. The number of nitrogens with one attached hydrogen (secondary N) is 2. The number of hydrazine groups is 1. The summed E-state index contributed by atoms with van der Waals surface area (Å²) >= 11 is 5.77. The second kappa shape index (κ2) is 7.07. The molecule has 2 aromatic carbocycles. The van der Waals surface area contributed by atoms with Crippen molar-refractivity contribution in [1.29, 1.82) is 0 Å². The van der Waals surface area contributed by atoms with Crippen molar-refractivity contribution in [3.63, 3.8) is 0 Å². The van der Waals surface area contributed by atoms with E-state index in [-0.39, 0.29) is 5.75 Å². The van der Waals surface area contributed by atoms with Gasteiger partial charge in [0.25, 0.3) is 0 Å². The van der Waals surface area contributed by atoms with Crippen LogP contribution in [0, 0.1) is 0 Å². The van der Waals surface area contributed by atoms with E-state index in [1.807, 2.05) is 30.3 Å². The molecule has 2 aromatic rings. The quantitative estimate of drug-likeness (QED) is 0.789. The van der Waals surface area contributed by atoms with Crippen LogP contribution >= 0.6 is 11.6 Å². The molecule has 0 saturated heterocycles. The van der Waals surface area contributed by atoms with Crippen LogP contribution in [0.2, 0.25) is 5.02 Å². The summed E-state index contributed by atoms with van der Waals surface area (Å²) in [6, 6.07) is 14.1. The molecule has 0 amide bonds. The number of anilines is 1. The summed E-state index contributed by atoms with van der Waals surface area (Å²) in [4.78, 5) is 0. The Bertz CT molecular complexity index is 552. The van der Waals surface area contributed by atoms with Crippen molar-refractivity contribution in [2.24, 2.45) is 0 Å². The molecule has 0 aliphatic heterocycles. The summed E-state index contributed by atoms with van der Waals surface area (Å²) in [7, 11) is 0. The van der Waals surface area contributed by atoms with Gasteiger partial charge in [0.05, 0.1) is 0 Å². The highest BCUT2D eigenvalue weighted by atomic mass is 35.5. The lowest BCUT2D eigenvalue weighted by molar-refractivity contribution is -0.0504. The first-order valence-corrected chi connectivity index (χ1v) is 6.30. The second-order valence-electron chi connectivity index (χ2n) is 3.98. The highest BCUT2D eigenvalue weighted by Gasteiger charge is 2.10. The Morgan fingerprint density at radius 1 is 1.10 bits per heavy atom. The number of ether oxygens (including phenoxy) is 1. The van der Waals surface area contributed by atoms with Gasteiger partial charge in [-0.3, -0.25) is 0 Å². The Balaban J connectivity index is 1.98. The third-order valence-electron chi connectivity index (χ3n) is 2.53. The van der Waals surface area contributed by atoms with Gasteiger partial charge in [0.2, 0.25) is 0 Å². The first-order chi connectivity index (χ1) is 9.65. The number of rotatable bonds is 6. The van der Waals surface area contributed by atoms with Gasteiger partial charge in [0.1, 0.15) is 5.75 Å². The van der Waals surface area contributed by atoms with Crippen molar-refractivity contribution in [3.05, 3.63) is 59.1 Å². The van der Waals surface area contributed by atoms with Crippen LogP contribution in [0.15, 0.2) is 48.5 Å². The van der Waals surface area contributed by atoms with Crippen LogP contribution in [0.5, 0.6) is 5.75 Å². The van der Waals surface area contributed by atoms with E-state index < -0.39 is 6.61 Å². The van der Waals surface area contributed by atoms with Crippen LogP contribution in [0.25, 0.3) is 0 Å². The smallest absolute Gasteiger partial charge is 0.387 e. The molecule has 106 valence electrons. The van der Waals surface area contributed by atoms with Crippen LogP contribution in [-0.2, 0) is 6.54 Å². The van der Waals surface area contributed by atoms with Crippen molar-refractivity contribution >= 4 is 17.3 Å². The molecule has 0 fully saturated rings. The minimum Gasteiger partial charge on any atom is -0.434 e. The molecule has 0 aliphatic rings. The van der Waals surface area contributed by atoms with Gasteiger partial charge in [0, 0.05) is 22.8 Å². The third kappa shape index (κ3) is 4.36. The number of halogens is 3. The molecule has 2 rings (SSSR count). The van der Waals surface area contributed by atoms with Crippen LogP contribution in [-0.4, -0.2) is 6.61 Å². The first-order valence-electron chi connectivity index (χ1n) is 5.92. The molecule has 3 nitrogen and oxygen atoms in total. The molecule has 0 unspecified atom stereocenters. The lowest BCUT2D eigenvalue weighted by atomic mass is 10.2. The monoisotopic (exact) mass is 298 g/mol. The zero-order valence-corrected chi connectivity index (χ0v) is 11.2. The predicted molar refractivity (Wildman–Crippen MR) is 75.0 cm³/mol. The van der Waals surface area contributed by atoms with Crippen molar-refractivity contribution in [3.8, 4) is 5.75 Å². The third-order valence-corrected chi connectivity index (χ3v) is 2.77. The molecular weight excluding hydrogens is 286 g/mol. The Kier molecular flexibility index (Phi) is 5.15. The number of hydrogen-bond acceptors (Lipinski definition) is 3. The van der Waals surface area contributed by atoms with Crippen molar-refractivity contribution < 1.29 is 13.5 Å². The van der Waals surface area contributed by atoms with E-state index in [0.29, 0.717) is 17.1 Å². The fourth-order valence-corrected chi connectivity index (χ4v) is 1.81. The van der Waals surface area contributed by atoms with Gasteiger partial charge in [0.15, 0.2) is 0 Å². The maximum atomic E-state index is 12.3. The minimum absolute atomic E-state index is 0.0647. The summed E-state index contributed by atoms with van der Waals surface area (Å²) in [6.45, 7) is -2.57. The van der Waals surface area contributed by atoms with Crippen LogP contribution in [0.1, 0.15) is 5.56 Å². The summed E-state index contributed by atoms with van der Waals surface area (Å²) in [5.74, 6) is 0.0647. The lowest BCUT2D eigenvalue weighted by Crippen LogP contribution is -2.21. The summed E-state index contributed by atoms with van der Waals surface area (Å²) in [6.07, 6.45) is 0. The van der Waals surface area contributed by atoms with Gasteiger partial charge in [-0.1, -0.05) is 35.9 Å². The van der Waals surface area contributed by atoms with Gasteiger partial charge >= 0.3 is 6.61 Å². The molecule has 0 saturated carbocycles. The average Bonchev–Trinajstić information content (AvgIpc) is 2.42. The Morgan fingerprint density at radius 2 is 1.85 bits per heavy atom. The molecule has 0 radical (unpaired) electrons. The van der Waals surface area contributed by atoms with E-state index in [4.69, 9.17) is 11.6 Å². The number of alkyl halides is 2. The number of benzene rings is 2. The maximum Gasteiger partial charge on any atom is 0.387 e. The Hall–Kier alpha value is -1.85. The normalized spacial score (nSPS) is 10.6. The van der Waals surface area contributed by atoms with E-state index in [1.165, 1.54) is 6.07 Å². The molecule has 2 N–H and O–H groups in total. The van der Waals surface area contributed by atoms with E-state index in [1.54, 1.807) is 12.1 Å². The number of para-hydroxylation sites is 1. The summed E-state index contributed by atoms with van der Waals surface area (Å²) in [5.41, 5.74) is 7.35. The molecule has 6 heteroatoms. The fourth-order valence-electron chi connectivity index (χ4n) is 1.64. The van der Waals surface area contributed by atoms with Crippen molar-refractivity contribution in [2.45, 2.75) is 13.2 Å². The molecule has 20 heavy (non-hydrogen) atoms. The second-order valence-corrected chi connectivity index (χ2v) is 4.41. The van der Waals surface area contributed by atoms with E-state index in [2.05, 4.69) is 15.6 Å². The summed E-state index contributed by atoms with van der Waals surface area (Å²) < 4.78 is 29.1. The van der Waals surface area contributed by atoms with Gasteiger partial charge in [-0.05, 0) is 24.3 Å². The van der Waals surface area contributed by atoms with Crippen molar-refractivity contribution in [1.82, 2.24) is 5.43 Å². The molecule has 0 aliphatic carbocycles. The number of hydrogen-bond donors (Lipinski definition) is 2. The van der Waals surface area contributed by atoms with Crippen LogP contribution < -0.4 is 15.6 Å². The molecule has 0 spiro atoms. The van der Waals surface area contributed by atoms with E-state index >= 15 is 0 Å². The van der Waals surface area contributed by atoms with Gasteiger partial charge < -0.3 is 10.2 Å².